The Bertz CT molecular complexity index is 254. The van der Waals surface area contributed by atoms with E-state index in [4.69, 9.17) is 4.74 Å². The van der Waals surface area contributed by atoms with Gasteiger partial charge in [0.15, 0.2) is 0 Å². The summed E-state index contributed by atoms with van der Waals surface area (Å²) in [6.45, 7) is 4.76. The van der Waals surface area contributed by atoms with Gasteiger partial charge in [-0.2, -0.15) is 0 Å². The molecule has 0 aromatic rings. The largest absolute Gasteiger partial charge is 0.461 e. The van der Waals surface area contributed by atoms with Crippen LogP contribution in [0.25, 0.3) is 0 Å². The molecule has 0 heterocycles. The molecule has 110 valence electrons. The molecule has 0 atom stereocenters. The zero-order chi connectivity index (χ0) is 14.2. The molecule has 0 rings (SSSR count). The monoisotopic (exact) mass is 266 g/mol. The first-order valence-corrected chi connectivity index (χ1v) is 7.76. The Morgan fingerprint density at radius 2 is 1.53 bits per heavy atom. The van der Waals surface area contributed by atoms with E-state index in [1.807, 2.05) is 6.08 Å². The molecule has 0 aliphatic heterocycles. The summed E-state index contributed by atoms with van der Waals surface area (Å²) < 4.78 is 5.10. The SMILES string of the molecule is CCC/C=C/COC(=O)CCCC/C=C/CCCC. The molecule has 0 N–H and O–H groups in total. The first-order chi connectivity index (χ1) is 9.31. The van der Waals surface area contributed by atoms with Gasteiger partial charge in [-0.1, -0.05) is 57.4 Å². The van der Waals surface area contributed by atoms with Crippen LogP contribution in [0.4, 0.5) is 0 Å². The average Bonchev–Trinajstić information content (AvgIpc) is 2.41. The van der Waals surface area contributed by atoms with Crippen LogP contribution in [0.1, 0.15) is 71.6 Å². The highest BCUT2D eigenvalue weighted by Gasteiger charge is 2.00. The number of allylic oxidation sites excluding steroid dienone is 3. The van der Waals surface area contributed by atoms with Crippen LogP contribution in [-0.2, 0) is 9.53 Å². The molecule has 0 aromatic carbocycles. The van der Waals surface area contributed by atoms with Gasteiger partial charge in [-0.05, 0) is 32.1 Å². The van der Waals surface area contributed by atoms with E-state index in [1.165, 1.54) is 19.3 Å². The molecule has 0 amide bonds. The third-order valence-electron chi connectivity index (χ3n) is 2.86. The smallest absolute Gasteiger partial charge is 0.306 e. The van der Waals surface area contributed by atoms with Gasteiger partial charge in [-0.25, -0.2) is 0 Å². The summed E-state index contributed by atoms with van der Waals surface area (Å²) in [6, 6.07) is 0. The normalized spacial score (nSPS) is 11.5. The molecule has 0 aliphatic rings. The van der Waals surface area contributed by atoms with Crippen molar-refractivity contribution in [3.05, 3.63) is 24.3 Å². The number of esters is 1. The van der Waals surface area contributed by atoms with E-state index >= 15 is 0 Å². The molecule has 19 heavy (non-hydrogen) atoms. The first kappa shape index (κ1) is 17.9. The average molecular weight is 266 g/mol. The third kappa shape index (κ3) is 14.9. The second kappa shape index (κ2) is 15.0. The van der Waals surface area contributed by atoms with Gasteiger partial charge in [0.2, 0.25) is 0 Å². The van der Waals surface area contributed by atoms with E-state index in [0.717, 1.165) is 32.1 Å². The quantitative estimate of drug-likeness (QED) is 0.276. The summed E-state index contributed by atoms with van der Waals surface area (Å²) >= 11 is 0. The minimum absolute atomic E-state index is 0.0730. The molecule has 0 saturated carbocycles. The van der Waals surface area contributed by atoms with Gasteiger partial charge >= 0.3 is 5.97 Å². The van der Waals surface area contributed by atoms with E-state index in [1.54, 1.807) is 0 Å². The van der Waals surface area contributed by atoms with Gasteiger partial charge in [0.05, 0.1) is 0 Å². The maximum atomic E-state index is 11.4. The van der Waals surface area contributed by atoms with Crippen molar-refractivity contribution in [2.45, 2.75) is 71.6 Å². The van der Waals surface area contributed by atoms with Crippen molar-refractivity contribution in [3.63, 3.8) is 0 Å². The molecule has 2 heteroatoms. The second-order valence-electron chi connectivity index (χ2n) is 4.80. The summed E-state index contributed by atoms with van der Waals surface area (Å²) in [6.07, 6.45) is 18.0. The van der Waals surface area contributed by atoms with Crippen LogP contribution >= 0.6 is 0 Å². The van der Waals surface area contributed by atoms with Crippen LogP contribution in [0, 0.1) is 0 Å². The number of carbonyl (C=O) groups is 1. The summed E-state index contributed by atoms with van der Waals surface area (Å²) in [5.41, 5.74) is 0. The highest BCUT2D eigenvalue weighted by atomic mass is 16.5. The van der Waals surface area contributed by atoms with E-state index in [0.29, 0.717) is 13.0 Å². The topological polar surface area (TPSA) is 26.3 Å². The standard InChI is InChI=1S/C17H30O2/c1-3-5-7-9-10-11-12-13-15-17(18)19-16-14-8-6-4-2/h8-10,14H,3-7,11-13,15-16H2,1-2H3/b10-9+,14-8+. The van der Waals surface area contributed by atoms with Gasteiger partial charge in [0, 0.05) is 6.42 Å². The highest BCUT2D eigenvalue weighted by Crippen LogP contribution is 2.04. The van der Waals surface area contributed by atoms with E-state index in [2.05, 4.69) is 32.1 Å². The van der Waals surface area contributed by atoms with E-state index < -0.39 is 0 Å². The zero-order valence-corrected chi connectivity index (χ0v) is 12.7. The Morgan fingerprint density at radius 1 is 0.842 bits per heavy atom. The third-order valence-corrected chi connectivity index (χ3v) is 2.86. The lowest BCUT2D eigenvalue weighted by Gasteiger charge is -2.01. The van der Waals surface area contributed by atoms with Gasteiger partial charge in [0.25, 0.3) is 0 Å². The fourth-order valence-electron chi connectivity index (χ4n) is 1.65. The van der Waals surface area contributed by atoms with E-state index in [9.17, 15) is 4.79 Å². The molecule has 0 radical (unpaired) electrons. The Hall–Kier alpha value is -1.05. The number of hydrogen-bond donors (Lipinski definition) is 0. The number of carbonyl (C=O) groups excluding carboxylic acids is 1. The van der Waals surface area contributed by atoms with Gasteiger partial charge in [0.1, 0.15) is 6.61 Å². The summed E-state index contributed by atoms with van der Waals surface area (Å²) in [7, 11) is 0. The fourth-order valence-corrected chi connectivity index (χ4v) is 1.65. The highest BCUT2D eigenvalue weighted by molar-refractivity contribution is 5.69. The number of hydrogen-bond acceptors (Lipinski definition) is 2. The lowest BCUT2D eigenvalue weighted by atomic mass is 10.1. The summed E-state index contributed by atoms with van der Waals surface area (Å²) in [5.74, 6) is -0.0730. The predicted octanol–water partition coefficient (Wildman–Crippen LogP) is 5.19. The minimum atomic E-state index is -0.0730. The van der Waals surface area contributed by atoms with Crippen LogP contribution in [0.15, 0.2) is 24.3 Å². The number of rotatable bonds is 12. The molecule has 2 nitrogen and oxygen atoms in total. The predicted molar refractivity (Wildman–Crippen MR) is 82.1 cm³/mol. The van der Waals surface area contributed by atoms with Crippen molar-refractivity contribution in [3.8, 4) is 0 Å². The first-order valence-electron chi connectivity index (χ1n) is 7.76. The maximum Gasteiger partial charge on any atom is 0.306 e. The summed E-state index contributed by atoms with van der Waals surface area (Å²) in [5, 5.41) is 0. The van der Waals surface area contributed by atoms with Crippen LogP contribution in [0.3, 0.4) is 0 Å². The zero-order valence-electron chi connectivity index (χ0n) is 12.7. The van der Waals surface area contributed by atoms with Crippen molar-refractivity contribution < 1.29 is 9.53 Å². The van der Waals surface area contributed by atoms with Crippen molar-refractivity contribution in [1.82, 2.24) is 0 Å². The fraction of sp³-hybridized carbons (Fsp3) is 0.706. The van der Waals surface area contributed by atoms with Crippen LogP contribution in [0.2, 0.25) is 0 Å². The Kier molecular flexibility index (Phi) is 14.2. The molecule has 0 aliphatic carbocycles. The van der Waals surface area contributed by atoms with Crippen molar-refractivity contribution in [2.75, 3.05) is 6.61 Å². The Morgan fingerprint density at radius 3 is 2.21 bits per heavy atom. The lowest BCUT2D eigenvalue weighted by molar-refractivity contribution is -0.142. The van der Waals surface area contributed by atoms with Crippen LogP contribution < -0.4 is 0 Å². The molecule has 0 saturated heterocycles. The molecule has 0 spiro atoms. The Balaban J connectivity index is 3.31. The minimum Gasteiger partial charge on any atom is -0.461 e. The summed E-state index contributed by atoms with van der Waals surface area (Å²) in [4.78, 5) is 11.4. The molecule has 0 aromatic heterocycles. The second-order valence-corrected chi connectivity index (χ2v) is 4.80. The van der Waals surface area contributed by atoms with Crippen LogP contribution in [-0.4, -0.2) is 12.6 Å². The van der Waals surface area contributed by atoms with Gasteiger partial charge < -0.3 is 4.74 Å². The van der Waals surface area contributed by atoms with Crippen molar-refractivity contribution >= 4 is 5.97 Å². The van der Waals surface area contributed by atoms with Crippen molar-refractivity contribution in [1.29, 1.82) is 0 Å². The number of ether oxygens (including phenoxy) is 1. The van der Waals surface area contributed by atoms with E-state index in [-0.39, 0.29) is 5.97 Å². The van der Waals surface area contributed by atoms with Crippen LogP contribution in [0.5, 0.6) is 0 Å². The molecule has 0 bridgehead atoms. The molecular weight excluding hydrogens is 236 g/mol. The molecule has 0 fully saturated rings. The lowest BCUT2D eigenvalue weighted by Crippen LogP contribution is -2.03. The van der Waals surface area contributed by atoms with Gasteiger partial charge in [-0.3, -0.25) is 4.79 Å². The maximum absolute atomic E-state index is 11.4. The van der Waals surface area contributed by atoms with Gasteiger partial charge in [-0.15, -0.1) is 0 Å². The van der Waals surface area contributed by atoms with Crippen molar-refractivity contribution in [2.24, 2.45) is 0 Å². The molecule has 0 unspecified atom stereocenters. The Labute approximate surface area is 118 Å². The number of unbranched alkanes of at least 4 members (excludes halogenated alkanes) is 5. The molecular formula is C17H30O2.